The molecule has 20 heavy (non-hydrogen) atoms. The first-order valence-electron chi connectivity index (χ1n) is 6.19. The van der Waals surface area contributed by atoms with E-state index >= 15 is 0 Å². The number of nitrogens with zero attached hydrogens (tertiary/aromatic N) is 2. The van der Waals surface area contributed by atoms with Crippen molar-refractivity contribution in [2.75, 3.05) is 5.32 Å². The van der Waals surface area contributed by atoms with Gasteiger partial charge in [-0.3, -0.25) is 14.9 Å². The third-order valence-corrected chi connectivity index (χ3v) is 3.56. The van der Waals surface area contributed by atoms with Crippen LogP contribution in [0.4, 0.5) is 5.95 Å². The average Bonchev–Trinajstić information content (AvgIpc) is 2.26. The van der Waals surface area contributed by atoms with E-state index in [-0.39, 0.29) is 23.4 Å². The Bertz CT molecular complexity index is 513. The monoisotopic (exact) mass is 299 g/mol. The van der Waals surface area contributed by atoms with Crippen molar-refractivity contribution < 1.29 is 14.7 Å². The molecule has 0 saturated heterocycles. The fourth-order valence-electron chi connectivity index (χ4n) is 1.62. The second kappa shape index (κ2) is 6.17. The van der Waals surface area contributed by atoms with Crippen molar-refractivity contribution in [1.29, 1.82) is 0 Å². The molecule has 0 aliphatic heterocycles. The van der Waals surface area contributed by atoms with Gasteiger partial charge in [0, 0.05) is 12.1 Å². The molecule has 6 nitrogen and oxygen atoms in total. The van der Waals surface area contributed by atoms with E-state index in [1.54, 1.807) is 33.8 Å². The molecule has 0 saturated carbocycles. The quantitative estimate of drug-likeness (QED) is 0.815. The molecule has 7 heteroatoms. The molecular weight excluding hydrogens is 282 g/mol. The van der Waals surface area contributed by atoms with Gasteiger partial charge in [0.15, 0.2) is 0 Å². The Morgan fingerprint density at radius 3 is 2.50 bits per heavy atom. The maximum absolute atomic E-state index is 12.0. The van der Waals surface area contributed by atoms with Gasteiger partial charge in [0.25, 0.3) is 0 Å². The molecule has 0 radical (unpaired) electrons. The van der Waals surface area contributed by atoms with Gasteiger partial charge in [0.1, 0.15) is 5.15 Å². The largest absolute Gasteiger partial charge is 0.481 e. The number of carboxylic acid groups (broad SMARTS) is 1. The van der Waals surface area contributed by atoms with Crippen molar-refractivity contribution in [3.8, 4) is 0 Å². The predicted molar refractivity (Wildman–Crippen MR) is 75.6 cm³/mol. The van der Waals surface area contributed by atoms with Crippen LogP contribution in [0, 0.1) is 18.3 Å². The molecule has 1 aromatic heterocycles. The third kappa shape index (κ3) is 3.90. The molecule has 0 aromatic carbocycles. The molecule has 0 spiro atoms. The number of hydrogen-bond acceptors (Lipinski definition) is 4. The van der Waals surface area contributed by atoms with E-state index < -0.39 is 17.3 Å². The Hall–Kier alpha value is -1.69. The molecule has 1 heterocycles. The highest BCUT2D eigenvalue weighted by molar-refractivity contribution is 6.29. The Balaban J connectivity index is 2.84. The van der Waals surface area contributed by atoms with Gasteiger partial charge in [-0.2, -0.15) is 0 Å². The highest BCUT2D eigenvalue weighted by Crippen LogP contribution is 2.31. The van der Waals surface area contributed by atoms with Crippen LogP contribution in [0.2, 0.25) is 5.15 Å². The van der Waals surface area contributed by atoms with E-state index in [2.05, 4.69) is 15.3 Å². The summed E-state index contributed by atoms with van der Waals surface area (Å²) in [6.07, 6.45) is -0.158. The number of carbonyl (C=O) groups excluding carboxylic acids is 1. The fraction of sp³-hybridized carbons (Fsp3) is 0.538. The summed E-state index contributed by atoms with van der Waals surface area (Å²) in [5.74, 6) is -1.57. The zero-order chi connectivity index (χ0) is 15.5. The third-order valence-electron chi connectivity index (χ3n) is 3.36. The Morgan fingerprint density at radius 2 is 2.05 bits per heavy atom. The minimum atomic E-state index is -1.14. The van der Waals surface area contributed by atoms with Gasteiger partial charge in [0.2, 0.25) is 11.9 Å². The topological polar surface area (TPSA) is 92.2 Å². The van der Waals surface area contributed by atoms with Gasteiger partial charge >= 0.3 is 5.97 Å². The number of hydrogen-bond donors (Lipinski definition) is 2. The van der Waals surface area contributed by atoms with Gasteiger partial charge in [-0.1, -0.05) is 25.4 Å². The molecule has 0 bridgehead atoms. The summed E-state index contributed by atoms with van der Waals surface area (Å²) in [6, 6.07) is 1.56. The summed E-state index contributed by atoms with van der Waals surface area (Å²) in [7, 11) is 0. The molecule has 0 aliphatic carbocycles. The number of aryl methyl sites for hydroxylation is 1. The van der Waals surface area contributed by atoms with Crippen LogP contribution in [-0.4, -0.2) is 27.0 Å². The van der Waals surface area contributed by atoms with Gasteiger partial charge in [-0.05, 0) is 25.8 Å². The van der Waals surface area contributed by atoms with Crippen molar-refractivity contribution in [2.24, 2.45) is 11.3 Å². The Kier molecular flexibility index (Phi) is 5.05. The number of aliphatic carboxylic acids is 1. The maximum Gasteiger partial charge on any atom is 0.310 e. The lowest BCUT2D eigenvalue weighted by atomic mass is 9.76. The number of carboxylic acids is 1. The van der Waals surface area contributed by atoms with Crippen LogP contribution in [0.15, 0.2) is 6.07 Å². The van der Waals surface area contributed by atoms with E-state index in [9.17, 15) is 14.7 Å². The van der Waals surface area contributed by atoms with Gasteiger partial charge in [-0.25, -0.2) is 9.97 Å². The summed E-state index contributed by atoms with van der Waals surface area (Å²) in [5, 5.41) is 12.0. The highest BCUT2D eigenvalue weighted by atomic mass is 35.5. The number of carbonyl (C=O) groups is 2. The average molecular weight is 300 g/mol. The zero-order valence-electron chi connectivity index (χ0n) is 11.9. The fourth-order valence-corrected chi connectivity index (χ4v) is 1.85. The van der Waals surface area contributed by atoms with E-state index in [1.165, 1.54) is 0 Å². The molecule has 0 aliphatic rings. The summed E-state index contributed by atoms with van der Waals surface area (Å²) in [4.78, 5) is 31.2. The first-order chi connectivity index (χ1) is 9.15. The van der Waals surface area contributed by atoms with Crippen molar-refractivity contribution in [3.63, 3.8) is 0 Å². The minimum absolute atomic E-state index is 0.0801. The van der Waals surface area contributed by atoms with Crippen LogP contribution in [0.5, 0.6) is 0 Å². The van der Waals surface area contributed by atoms with Crippen molar-refractivity contribution in [2.45, 2.75) is 34.1 Å². The number of anilines is 1. The first kappa shape index (κ1) is 16.4. The molecule has 1 atom stereocenters. The number of rotatable bonds is 5. The van der Waals surface area contributed by atoms with Crippen LogP contribution < -0.4 is 5.32 Å². The van der Waals surface area contributed by atoms with E-state index in [0.29, 0.717) is 5.69 Å². The second-order valence-electron chi connectivity index (χ2n) is 5.26. The van der Waals surface area contributed by atoms with Crippen LogP contribution in [0.1, 0.15) is 32.9 Å². The normalized spacial score (nSPS) is 13.9. The lowest BCUT2D eigenvalue weighted by molar-refractivity contribution is -0.153. The standard InChI is InChI=1S/C13H18ClN3O3/c1-7(2)13(4,11(19)20)6-10(18)17-12-15-8(3)5-9(14)16-12/h5,7H,6H2,1-4H3,(H,19,20)(H,15,16,17,18). The zero-order valence-corrected chi connectivity index (χ0v) is 12.7. The Labute approximate surface area is 122 Å². The highest BCUT2D eigenvalue weighted by Gasteiger charge is 2.38. The molecule has 110 valence electrons. The van der Waals surface area contributed by atoms with Crippen LogP contribution in [0.3, 0.4) is 0 Å². The Morgan fingerprint density at radius 1 is 1.45 bits per heavy atom. The molecule has 2 N–H and O–H groups in total. The molecule has 1 unspecified atom stereocenters. The van der Waals surface area contributed by atoms with Gasteiger partial charge < -0.3 is 5.11 Å². The molecule has 0 fully saturated rings. The van der Waals surface area contributed by atoms with Gasteiger partial charge in [-0.15, -0.1) is 0 Å². The van der Waals surface area contributed by atoms with E-state index in [0.717, 1.165) is 0 Å². The van der Waals surface area contributed by atoms with Crippen molar-refractivity contribution in [3.05, 3.63) is 16.9 Å². The van der Waals surface area contributed by atoms with Crippen LogP contribution in [-0.2, 0) is 9.59 Å². The van der Waals surface area contributed by atoms with E-state index in [4.69, 9.17) is 11.6 Å². The minimum Gasteiger partial charge on any atom is -0.481 e. The lowest BCUT2D eigenvalue weighted by Gasteiger charge is -2.28. The van der Waals surface area contributed by atoms with E-state index in [1.807, 2.05) is 0 Å². The lowest BCUT2D eigenvalue weighted by Crippen LogP contribution is -2.37. The number of halogens is 1. The SMILES string of the molecule is Cc1cc(Cl)nc(NC(=O)CC(C)(C(=O)O)C(C)C)n1. The van der Waals surface area contributed by atoms with Crippen molar-refractivity contribution in [1.82, 2.24) is 9.97 Å². The summed E-state index contributed by atoms with van der Waals surface area (Å²) in [6.45, 7) is 6.80. The number of nitrogens with one attached hydrogen (secondary N) is 1. The van der Waals surface area contributed by atoms with Gasteiger partial charge in [0.05, 0.1) is 5.41 Å². The van der Waals surface area contributed by atoms with Crippen LogP contribution in [0.25, 0.3) is 0 Å². The first-order valence-corrected chi connectivity index (χ1v) is 6.57. The number of amides is 1. The molecule has 1 rings (SSSR count). The molecular formula is C13H18ClN3O3. The summed E-state index contributed by atoms with van der Waals surface area (Å²) in [5.41, 5.74) is -0.525. The molecule has 1 aromatic rings. The second-order valence-corrected chi connectivity index (χ2v) is 5.65. The van der Waals surface area contributed by atoms with Crippen LogP contribution >= 0.6 is 11.6 Å². The summed E-state index contributed by atoms with van der Waals surface area (Å²) >= 11 is 5.77. The predicted octanol–water partition coefficient (Wildman–Crippen LogP) is 2.51. The molecule has 1 amide bonds. The number of aromatic nitrogens is 2. The summed E-state index contributed by atoms with van der Waals surface area (Å²) < 4.78 is 0. The maximum atomic E-state index is 12.0. The smallest absolute Gasteiger partial charge is 0.310 e. The van der Waals surface area contributed by atoms with Crippen molar-refractivity contribution >= 4 is 29.4 Å².